The number of allylic oxidation sites excluding steroid dienone is 2. The Hall–Kier alpha value is -3.98. The van der Waals surface area contributed by atoms with Gasteiger partial charge in [-0.2, -0.15) is 0 Å². The molecule has 0 radical (unpaired) electrons. The number of anilines is 2. The van der Waals surface area contributed by atoms with Crippen molar-refractivity contribution in [1.29, 1.82) is 5.41 Å². The van der Waals surface area contributed by atoms with Crippen molar-refractivity contribution in [2.24, 2.45) is 5.73 Å². The quantitative estimate of drug-likeness (QED) is 0.307. The van der Waals surface area contributed by atoms with E-state index < -0.39 is 5.82 Å². The number of benzene rings is 2. The van der Waals surface area contributed by atoms with Gasteiger partial charge in [0.15, 0.2) is 0 Å². The first-order chi connectivity index (χ1) is 17.2. The average molecular weight is 509 g/mol. The molecule has 1 aromatic heterocycles. The van der Waals surface area contributed by atoms with E-state index in [0.29, 0.717) is 65.3 Å². The molecule has 2 aromatic carbocycles. The number of halogens is 2. The summed E-state index contributed by atoms with van der Waals surface area (Å²) in [6.07, 6.45) is 5.40. The molecule has 4 rings (SSSR count). The number of nitrogens with zero attached hydrogens (tertiary/aromatic N) is 3. The highest BCUT2D eigenvalue weighted by Gasteiger charge is 2.24. The van der Waals surface area contributed by atoms with E-state index in [1.165, 1.54) is 24.5 Å². The number of rotatable bonds is 7. The summed E-state index contributed by atoms with van der Waals surface area (Å²) < 4.78 is 20.0. The second-order valence-electron chi connectivity index (χ2n) is 8.49. The van der Waals surface area contributed by atoms with Crippen LogP contribution in [0.2, 0.25) is 5.02 Å². The van der Waals surface area contributed by atoms with Crippen LogP contribution in [-0.2, 0) is 4.79 Å². The Kier molecular flexibility index (Phi) is 7.49. The topological polar surface area (TPSA) is 117 Å². The number of nitrogens with one attached hydrogen (secondary N) is 2. The highest BCUT2D eigenvalue weighted by molar-refractivity contribution is 6.31. The molecule has 2 heterocycles. The number of fused-ring (bicyclic) bond motifs is 1. The van der Waals surface area contributed by atoms with Gasteiger partial charge in [0, 0.05) is 48.3 Å². The van der Waals surface area contributed by atoms with E-state index in [2.05, 4.69) is 21.9 Å². The number of hydrogen-bond donors (Lipinski definition) is 3. The molecule has 0 unspecified atom stereocenters. The summed E-state index contributed by atoms with van der Waals surface area (Å²) in [5.41, 5.74) is 8.18. The first-order valence-corrected chi connectivity index (χ1v) is 11.7. The second-order valence-corrected chi connectivity index (χ2v) is 8.90. The Balaban J connectivity index is 1.70. The Labute approximate surface area is 213 Å². The molecule has 10 heteroatoms. The number of hydrogen-bond acceptors (Lipinski definition) is 7. The summed E-state index contributed by atoms with van der Waals surface area (Å²) in [6, 6.07) is 7.84. The van der Waals surface area contributed by atoms with Gasteiger partial charge in [0.05, 0.1) is 16.3 Å². The molecule has 1 aliphatic rings. The molecule has 4 N–H and O–H groups in total. The Morgan fingerprint density at radius 2 is 2.06 bits per heavy atom. The van der Waals surface area contributed by atoms with Crippen molar-refractivity contribution in [2.75, 3.05) is 18.4 Å². The van der Waals surface area contributed by atoms with Crippen LogP contribution in [0.4, 0.5) is 15.9 Å². The van der Waals surface area contributed by atoms with Crippen molar-refractivity contribution in [2.45, 2.75) is 25.9 Å². The molecular weight excluding hydrogens is 483 g/mol. The third kappa shape index (κ3) is 5.63. The molecule has 0 bridgehead atoms. The van der Waals surface area contributed by atoms with Crippen LogP contribution in [0.1, 0.15) is 25.3 Å². The van der Waals surface area contributed by atoms with E-state index in [9.17, 15) is 9.18 Å². The molecule has 36 heavy (non-hydrogen) atoms. The van der Waals surface area contributed by atoms with Gasteiger partial charge in [-0.15, -0.1) is 0 Å². The van der Waals surface area contributed by atoms with E-state index in [4.69, 9.17) is 27.5 Å². The maximum atomic E-state index is 13.6. The summed E-state index contributed by atoms with van der Waals surface area (Å²) in [6.45, 7) is 6.37. The number of piperidine rings is 1. The fourth-order valence-corrected chi connectivity index (χ4v) is 4.19. The minimum absolute atomic E-state index is 0.0108. The SMILES string of the molecule is C=CC(=O)N1CCC(Oc2cc3c(Nc4ccc(F)c(Cl)c4)ncnc3cc2C(=N)C=C(C)N)CC1. The minimum Gasteiger partial charge on any atom is -0.490 e. The van der Waals surface area contributed by atoms with Gasteiger partial charge in [0.2, 0.25) is 5.91 Å². The van der Waals surface area contributed by atoms with E-state index in [1.807, 2.05) is 0 Å². The fraction of sp³-hybridized carbons (Fsp3) is 0.231. The molecule has 3 aromatic rings. The lowest BCUT2D eigenvalue weighted by Gasteiger charge is -2.32. The molecule has 1 saturated heterocycles. The molecular formula is C26H26ClFN6O2. The largest absolute Gasteiger partial charge is 0.490 e. The molecule has 0 aliphatic carbocycles. The van der Waals surface area contributed by atoms with Gasteiger partial charge in [0.25, 0.3) is 0 Å². The van der Waals surface area contributed by atoms with Crippen molar-refractivity contribution in [3.8, 4) is 5.75 Å². The van der Waals surface area contributed by atoms with E-state index in [1.54, 1.807) is 36.1 Å². The van der Waals surface area contributed by atoms with Gasteiger partial charge in [-0.1, -0.05) is 18.2 Å². The lowest BCUT2D eigenvalue weighted by atomic mass is 10.0. The zero-order valence-corrected chi connectivity index (χ0v) is 20.5. The number of carbonyl (C=O) groups is 1. The molecule has 1 fully saturated rings. The van der Waals surface area contributed by atoms with Crippen molar-refractivity contribution < 1.29 is 13.9 Å². The van der Waals surface area contributed by atoms with Crippen LogP contribution < -0.4 is 15.8 Å². The number of amides is 1. The average Bonchev–Trinajstić information content (AvgIpc) is 2.86. The predicted molar refractivity (Wildman–Crippen MR) is 139 cm³/mol. The third-order valence-corrected chi connectivity index (χ3v) is 6.09. The summed E-state index contributed by atoms with van der Waals surface area (Å²) in [5.74, 6) is 0.340. The van der Waals surface area contributed by atoms with Gasteiger partial charge in [-0.05, 0) is 49.4 Å². The molecule has 0 saturated carbocycles. The zero-order chi connectivity index (χ0) is 25.8. The Bertz CT molecular complexity index is 1360. The van der Waals surface area contributed by atoms with Gasteiger partial charge >= 0.3 is 0 Å². The molecule has 1 amide bonds. The van der Waals surface area contributed by atoms with Crippen molar-refractivity contribution in [1.82, 2.24) is 14.9 Å². The number of ether oxygens (including phenoxy) is 1. The van der Waals surface area contributed by atoms with Crippen LogP contribution in [0, 0.1) is 11.2 Å². The maximum Gasteiger partial charge on any atom is 0.245 e. The third-order valence-electron chi connectivity index (χ3n) is 5.80. The van der Waals surface area contributed by atoms with Gasteiger partial charge in [-0.3, -0.25) is 4.79 Å². The number of likely N-dealkylation sites (tertiary alicyclic amines) is 1. The van der Waals surface area contributed by atoms with Crippen LogP contribution in [0.15, 0.2) is 61.1 Å². The summed E-state index contributed by atoms with van der Waals surface area (Å²) in [5, 5.41) is 12.4. The molecule has 0 atom stereocenters. The van der Waals surface area contributed by atoms with E-state index >= 15 is 0 Å². The van der Waals surface area contributed by atoms with Crippen LogP contribution >= 0.6 is 11.6 Å². The zero-order valence-electron chi connectivity index (χ0n) is 19.7. The Morgan fingerprint density at radius 3 is 2.72 bits per heavy atom. The van der Waals surface area contributed by atoms with Gasteiger partial charge < -0.3 is 26.1 Å². The molecule has 1 aliphatic heterocycles. The molecule has 0 spiro atoms. The first-order valence-electron chi connectivity index (χ1n) is 11.4. The van der Waals surface area contributed by atoms with Crippen LogP contribution in [0.3, 0.4) is 0 Å². The van der Waals surface area contributed by atoms with Crippen LogP contribution in [0.5, 0.6) is 5.75 Å². The van der Waals surface area contributed by atoms with E-state index in [-0.39, 0.29) is 22.7 Å². The summed E-state index contributed by atoms with van der Waals surface area (Å²) in [4.78, 5) is 22.4. The normalized spacial score (nSPS) is 14.5. The van der Waals surface area contributed by atoms with Crippen LogP contribution in [0.25, 0.3) is 10.9 Å². The smallest absolute Gasteiger partial charge is 0.245 e. The molecule has 186 valence electrons. The maximum absolute atomic E-state index is 13.6. The number of carbonyl (C=O) groups excluding carboxylic acids is 1. The summed E-state index contributed by atoms with van der Waals surface area (Å²) >= 11 is 5.93. The van der Waals surface area contributed by atoms with Crippen molar-refractivity contribution >= 4 is 45.6 Å². The number of aromatic nitrogens is 2. The lowest BCUT2D eigenvalue weighted by molar-refractivity contribution is -0.127. The van der Waals surface area contributed by atoms with Crippen molar-refractivity contribution in [3.05, 3.63) is 77.5 Å². The number of nitrogens with two attached hydrogens (primary N) is 1. The minimum atomic E-state index is -0.516. The van der Waals surface area contributed by atoms with Gasteiger partial charge in [-0.25, -0.2) is 14.4 Å². The predicted octanol–water partition coefficient (Wildman–Crippen LogP) is 4.95. The van der Waals surface area contributed by atoms with Gasteiger partial charge in [0.1, 0.15) is 29.8 Å². The molecule has 8 nitrogen and oxygen atoms in total. The standard InChI is InChI=1S/C26H26ClFN6O2/c1-3-25(35)34-8-6-17(7-9-34)36-24-13-19-23(12-18(24)22(30)10-15(2)29)31-14-32-26(19)33-16-4-5-21(28)20(27)11-16/h3-5,10-14,17,30H,1,6-9,29H2,2H3,(H,31,32,33). The monoisotopic (exact) mass is 508 g/mol. The lowest BCUT2D eigenvalue weighted by Crippen LogP contribution is -2.41. The highest BCUT2D eigenvalue weighted by Crippen LogP contribution is 2.33. The van der Waals surface area contributed by atoms with E-state index in [0.717, 1.165) is 0 Å². The van der Waals surface area contributed by atoms with Crippen LogP contribution in [-0.4, -0.2) is 45.7 Å². The Morgan fingerprint density at radius 1 is 1.31 bits per heavy atom. The summed E-state index contributed by atoms with van der Waals surface area (Å²) in [7, 11) is 0. The second kappa shape index (κ2) is 10.7. The highest BCUT2D eigenvalue weighted by atomic mass is 35.5. The fourth-order valence-electron chi connectivity index (χ4n) is 4.01. The first kappa shape index (κ1) is 25.1. The van der Waals surface area contributed by atoms with Crippen molar-refractivity contribution in [3.63, 3.8) is 0 Å².